The van der Waals surface area contributed by atoms with Crippen LogP contribution in [0.25, 0.3) is 0 Å². The van der Waals surface area contributed by atoms with Crippen LogP contribution in [0.5, 0.6) is 0 Å². The molecule has 0 aliphatic carbocycles. The number of carbonyl (C=O) groups is 2. The smallest absolute Gasteiger partial charge is 0.261 e. The lowest BCUT2D eigenvalue weighted by molar-refractivity contribution is 0.0658. The van der Waals surface area contributed by atoms with E-state index in [1.165, 1.54) is 4.90 Å². The molecule has 0 saturated heterocycles. The minimum absolute atomic E-state index is 0.238. The quantitative estimate of drug-likeness (QED) is 0.372. The zero-order valence-electron chi connectivity index (χ0n) is 9.38. The van der Waals surface area contributed by atoms with Gasteiger partial charge in [-0.25, -0.2) is 0 Å². The van der Waals surface area contributed by atoms with Gasteiger partial charge in [-0.2, -0.15) is 0 Å². The third-order valence-electron chi connectivity index (χ3n) is 2.75. The van der Waals surface area contributed by atoms with Crippen molar-refractivity contribution in [3.8, 4) is 0 Å². The van der Waals surface area contributed by atoms with Crippen molar-refractivity contribution in [3.63, 3.8) is 0 Å². The molecule has 17 heavy (non-hydrogen) atoms. The summed E-state index contributed by atoms with van der Waals surface area (Å²) < 4.78 is 0. The van der Waals surface area contributed by atoms with Gasteiger partial charge in [0.25, 0.3) is 11.8 Å². The molecule has 1 aromatic carbocycles. The van der Waals surface area contributed by atoms with Gasteiger partial charge in [-0.15, -0.1) is 0 Å². The molecule has 1 heterocycles. The normalized spacial score (nSPS) is 15.4. The molecule has 88 valence electrons. The standard InChI is InChI=1S/C12H12N2O3/c1-8(13-17)6-7-14-11(15)9-4-2-3-5-10(9)12(14)16/h2-5,17H,6-7H2,1H3/b13-8-. The van der Waals surface area contributed by atoms with Gasteiger partial charge in [0.1, 0.15) is 0 Å². The van der Waals surface area contributed by atoms with E-state index in [0.717, 1.165) is 0 Å². The van der Waals surface area contributed by atoms with Crippen molar-refractivity contribution in [1.29, 1.82) is 0 Å². The van der Waals surface area contributed by atoms with Crippen molar-refractivity contribution in [2.24, 2.45) is 5.16 Å². The third kappa shape index (κ3) is 1.91. The average Bonchev–Trinajstić information content (AvgIpc) is 2.60. The van der Waals surface area contributed by atoms with Crippen molar-refractivity contribution >= 4 is 17.5 Å². The maximum absolute atomic E-state index is 11.9. The maximum Gasteiger partial charge on any atom is 0.261 e. The summed E-state index contributed by atoms with van der Waals surface area (Å²) in [6, 6.07) is 6.74. The highest BCUT2D eigenvalue weighted by Gasteiger charge is 2.34. The van der Waals surface area contributed by atoms with Gasteiger partial charge in [-0.1, -0.05) is 17.3 Å². The summed E-state index contributed by atoms with van der Waals surface area (Å²) in [7, 11) is 0. The number of nitrogens with zero attached hydrogens (tertiary/aromatic N) is 2. The molecular weight excluding hydrogens is 220 g/mol. The largest absolute Gasteiger partial charge is 0.411 e. The minimum atomic E-state index is -0.281. The fourth-order valence-electron chi connectivity index (χ4n) is 1.77. The number of hydrogen-bond donors (Lipinski definition) is 1. The second-order valence-electron chi connectivity index (χ2n) is 3.89. The van der Waals surface area contributed by atoms with E-state index in [1.54, 1.807) is 31.2 Å². The van der Waals surface area contributed by atoms with Gasteiger partial charge in [0.05, 0.1) is 16.8 Å². The van der Waals surface area contributed by atoms with E-state index < -0.39 is 0 Å². The van der Waals surface area contributed by atoms with Gasteiger partial charge in [0, 0.05) is 13.0 Å². The summed E-state index contributed by atoms with van der Waals surface area (Å²) in [6.07, 6.45) is 0.377. The van der Waals surface area contributed by atoms with Crippen molar-refractivity contribution in [1.82, 2.24) is 4.90 Å². The molecule has 0 atom stereocenters. The van der Waals surface area contributed by atoms with Gasteiger partial charge in [0.15, 0.2) is 0 Å². The monoisotopic (exact) mass is 232 g/mol. The number of imide groups is 1. The number of oxime groups is 1. The summed E-state index contributed by atoms with van der Waals surface area (Å²) in [4.78, 5) is 25.0. The number of carbonyl (C=O) groups excluding carboxylic acids is 2. The fraction of sp³-hybridized carbons (Fsp3) is 0.250. The molecule has 5 heteroatoms. The number of hydrogen-bond acceptors (Lipinski definition) is 4. The molecule has 0 saturated carbocycles. The van der Waals surface area contributed by atoms with Crippen LogP contribution >= 0.6 is 0 Å². The SMILES string of the molecule is C/C(CCN1C(=O)c2ccccc2C1=O)=N/O. The lowest BCUT2D eigenvalue weighted by atomic mass is 10.1. The minimum Gasteiger partial charge on any atom is -0.411 e. The van der Waals surface area contributed by atoms with Gasteiger partial charge in [-0.3, -0.25) is 14.5 Å². The molecule has 5 nitrogen and oxygen atoms in total. The summed E-state index contributed by atoms with van der Waals surface area (Å²) >= 11 is 0. The predicted molar refractivity (Wildman–Crippen MR) is 61.3 cm³/mol. The van der Waals surface area contributed by atoms with Gasteiger partial charge < -0.3 is 5.21 Å². The zero-order chi connectivity index (χ0) is 12.4. The van der Waals surface area contributed by atoms with E-state index in [9.17, 15) is 9.59 Å². The average molecular weight is 232 g/mol. The Balaban J connectivity index is 2.19. The first kappa shape index (κ1) is 11.3. The lowest BCUT2D eigenvalue weighted by Gasteiger charge is -2.12. The molecule has 2 rings (SSSR count). The Bertz CT molecular complexity index is 473. The Morgan fingerprint density at radius 3 is 2.24 bits per heavy atom. The summed E-state index contributed by atoms with van der Waals surface area (Å²) in [5.74, 6) is -0.562. The molecule has 0 bridgehead atoms. The van der Waals surface area contributed by atoms with E-state index in [2.05, 4.69) is 5.16 Å². The summed E-state index contributed by atoms with van der Waals surface area (Å²) in [5, 5.41) is 11.5. The highest BCUT2D eigenvalue weighted by Crippen LogP contribution is 2.22. The van der Waals surface area contributed by atoms with Gasteiger partial charge >= 0.3 is 0 Å². The Kier molecular flexibility index (Phi) is 2.91. The van der Waals surface area contributed by atoms with Crippen LogP contribution in [-0.4, -0.2) is 34.2 Å². The van der Waals surface area contributed by atoms with Crippen LogP contribution in [0.2, 0.25) is 0 Å². The first-order valence-corrected chi connectivity index (χ1v) is 5.28. The van der Waals surface area contributed by atoms with E-state index in [-0.39, 0.29) is 18.4 Å². The Morgan fingerprint density at radius 1 is 1.24 bits per heavy atom. The van der Waals surface area contributed by atoms with Crippen molar-refractivity contribution in [2.45, 2.75) is 13.3 Å². The lowest BCUT2D eigenvalue weighted by Crippen LogP contribution is -2.31. The Morgan fingerprint density at radius 2 is 1.76 bits per heavy atom. The second-order valence-corrected chi connectivity index (χ2v) is 3.89. The molecular formula is C12H12N2O3. The fourth-order valence-corrected chi connectivity index (χ4v) is 1.77. The first-order chi connectivity index (χ1) is 8.15. The zero-order valence-corrected chi connectivity index (χ0v) is 9.38. The summed E-state index contributed by atoms with van der Waals surface area (Å²) in [5.41, 5.74) is 1.37. The van der Waals surface area contributed by atoms with Crippen LogP contribution in [-0.2, 0) is 0 Å². The molecule has 1 N–H and O–H groups in total. The van der Waals surface area contributed by atoms with E-state index >= 15 is 0 Å². The van der Waals surface area contributed by atoms with Crippen LogP contribution in [0.4, 0.5) is 0 Å². The molecule has 0 unspecified atom stereocenters. The molecule has 1 aliphatic heterocycles. The molecule has 2 amide bonds. The van der Waals surface area contributed by atoms with Crippen LogP contribution < -0.4 is 0 Å². The maximum atomic E-state index is 11.9. The highest BCUT2D eigenvalue weighted by molar-refractivity contribution is 6.21. The van der Waals surface area contributed by atoms with Crippen molar-refractivity contribution in [2.75, 3.05) is 6.54 Å². The van der Waals surface area contributed by atoms with E-state index in [0.29, 0.717) is 23.3 Å². The summed E-state index contributed by atoms with van der Waals surface area (Å²) in [6.45, 7) is 1.88. The van der Waals surface area contributed by atoms with E-state index in [1.807, 2.05) is 0 Å². The number of rotatable bonds is 3. The second kappa shape index (κ2) is 4.37. The van der Waals surface area contributed by atoms with Crippen LogP contribution in [0.1, 0.15) is 34.1 Å². The van der Waals surface area contributed by atoms with Gasteiger partial charge in [0.2, 0.25) is 0 Å². The molecule has 0 fully saturated rings. The number of amides is 2. The molecule has 0 aromatic heterocycles. The van der Waals surface area contributed by atoms with Crippen molar-refractivity contribution < 1.29 is 14.8 Å². The van der Waals surface area contributed by atoms with Gasteiger partial charge in [-0.05, 0) is 19.1 Å². The van der Waals surface area contributed by atoms with Crippen LogP contribution in [0, 0.1) is 0 Å². The molecule has 1 aliphatic rings. The molecule has 0 spiro atoms. The Labute approximate surface area is 98.3 Å². The first-order valence-electron chi connectivity index (χ1n) is 5.28. The van der Waals surface area contributed by atoms with E-state index in [4.69, 9.17) is 5.21 Å². The third-order valence-corrected chi connectivity index (χ3v) is 2.75. The predicted octanol–water partition coefficient (Wildman–Crippen LogP) is 1.52. The molecule has 0 radical (unpaired) electrons. The van der Waals surface area contributed by atoms with Crippen LogP contribution in [0.15, 0.2) is 29.4 Å². The Hall–Kier alpha value is -2.17. The van der Waals surface area contributed by atoms with Crippen molar-refractivity contribution in [3.05, 3.63) is 35.4 Å². The number of benzene rings is 1. The number of fused-ring (bicyclic) bond motifs is 1. The topological polar surface area (TPSA) is 70.0 Å². The molecule has 1 aromatic rings. The highest BCUT2D eigenvalue weighted by atomic mass is 16.4. The van der Waals surface area contributed by atoms with Crippen LogP contribution in [0.3, 0.4) is 0 Å².